The minimum Gasteiger partial charge on any atom is -0.479 e. The van der Waals surface area contributed by atoms with Crippen LogP contribution in [0.5, 0.6) is 0 Å². The van der Waals surface area contributed by atoms with Crippen molar-refractivity contribution in [1.29, 1.82) is 0 Å². The first-order valence-electron chi connectivity index (χ1n) is 4.88. The van der Waals surface area contributed by atoms with Crippen molar-refractivity contribution >= 4 is 33.5 Å². The summed E-state index contributed by atoms with van der Waals surface area (Å²) in [4.78, 5) is 20.8. The number of aliphatic carboxylic acids is 2. The van der Waals surface area contributed by atoms with Gasteiger partial charge in [-0.1, -0.05) is 21.6 Å². The molecule has 4 N–H and O–H groups in total. The molecule has 0 aromatic carbocycles. The lowest BCUT2D eigenvalue weighted by molar-refractivity contribution is -0.156. The van der Waals surface area contributed by atoms with Gasteiger partial charge in [0.15, 0.2) is 11.7 Å². The number of hydrogen-bond donors (Lipinski definition) is 4. The monoisotopic (exact) mass is 284 g/mol. The van der Waals surface area contributed by atoms with Gasteiger partial charge in [0, 0.05) is 11.5 Å². The van der Waals surface area contributed by atoms with E-state index in [1.54, 1.807) is 0 Å². The average molecular weight is 284 g/mol. The zero-order chi connectivity index (χ0) is 13.5. The van der Waals surface area contributed by atoms with E-state index in [2.05, 4.69) is 0 Å². The zero-order valence-electron chi connectivity index (χ0n) is 9.33. The van der Waals surface area contributed by atoms with E-state index >= 15 is 0 Å². The number of carboxylic acid groups (broad SMARTS) is 2. The molecule has 0 aliphatic heterocycles. The Morgan fingerprint density at radius 2 is 1.76 bits per heavy atom. The van der Waals surface area contributed by atoms with Gasteiger partial charge in [-0.05, 0) is 19.8 Å². The Balaban J connectivity index is 3.54. The van der Waals surface area contributed by atoms with E-state index in [0.29, 0.717) is 11.5 Å². The van der Waals surface area contributed by atoms with E-state index in [-0.39, 0.29) is 12.8 Å². The SMILES string of the molecule is CC(O)(CCSSCCC(O)C(=O)O)C(=O)O. The lowest BCUT2D eigenvalue weighted by Gasteiger charge is -2.16. The van der Waals surface area contributed by atoms with Gasteiger partial charge in [0.05, 0.1) is 0 Å². The highest BCUT2D eigenvalue weighted by Gasteiger charge is 2.28. The Labute approximate surface area is 107 Å². The maximum Gasteiger partial charge on any atom is 0.335 e. The lowest BCUT2D eigenvalue weighted by Crippen LogP contribution is -2.35. The summed E-state index contributed by atoms with van der Waals surface area (Å²) in [5.74, 6) is -1.62. The Kier molecular flexibility index (Phi) is 7.60. The number of carbonyl (C=O) groups is 2. The molecule has 0 spiro atoms. The fourth-order valence-electron chi connectivity index (χ4n) is 0.748. The van der Waals surface area contributed by atoms with E-state index in [4.69, 9.17) is 15.3 Å². The van der Waals surface area contributed by atoms with Gasteiger partial charge in [-0.3, -0.25) is 0 Å². The molecule has 0 radical (unpaired) electrons. The topological polar surface area (TPSA) is 115 Å². The molecule has 0 amide bonds. The molecule has 0 bridgehead atoms. The summed E-state index contributed by atoms with van der Waals surface area (Å²) in [7, 11) is 2.68. The van der Waals surface area contributed by atoms with Crippen LogP contribution in [0.1, 0.15) is 19.8 Å². The highest BCUT2D eigenvalue weighted by Crippen LogP contribution is 2.25. The molecule has 2 atom stereocenters. The molecule has 6 nitrogen and oxygen atoms in total. The first-order valence-corrected chi connectivity index (χ1v) is 7.37. The van der Waals surface area contributed by atoms with Crippen molar-refractivity contribution in [2.45, 2.75) is 31.5 Å². The maximum atomic E-state index is 10.5. The smallest absolute Gasteiger partial charge is 0.335 e. The van der Waals surface area contributed by atoms with Gasteiger partial charge >= 0.3 is 11.9 Å². The second-order valence-corrected chi connectivity index (χ2v) is 6.32. The third-order valence-electron chi connectivity index (χ3n) is 1.98. The highest BCUT2D eigenvalue weighted by atomic mass is 33.1. The van der Waals surface area contributed by atoms with Crippen LogP contribution < -0.4 is 0 Å². The molecule has 0 aliphatic carbocycles. The highest BCUT2D eigenvalue weighted by molar-refractivity contribution is 8.76. The summed E-state index contributed by atoms with van der Waals surface area (Å²) in [5, 5.41) is 35.3. The second kappa shape index (κ2) is 7.80. The van der Waals surface area contributed by atoms with Gasteiger partial charge < -0.3 is 20.4 Å². The molecule has 0 saturated heterocycles. The Bertz CT molecular complexity index is 268. The molecule has 0 fully saturated rings. The van der Waals surface area contributed by atoms with Crippen LogP contribution in [-0.2, 0) is 9.59 Å². The number of carboxylic acids is 2. The molecule has 0 aromatic heterocycles. The average Bonchev–Trinajstić information content (AvgIpc) is 2.22. The number of hydrogen-bond acceptors (Lipinski definition) is 6. The normalized spacial score (nSPS) is 16.2. The molecule has 2 unspecified atom stereocenters. The van der Waals surface area contributed by atoms with Crippen molar-refractivity contribution in [3.05, 3.63) is 0 Å². The molecular formula is C9H16O6S2. The summed E-state index contributed by atoms with van der Waals surface area (Å²) >= 11 is 0. The third kappa shape index (κ3) is 7.48. The van der Waals surface area contributed by atoms with Gasteiger partial charge in [0.1, 0.15) is 0 Å². The summed E-state index contributed by atoms with van der Waals surface area (Å²) < 4.78 is 0. The van der Waals surface area contributed by atoms with Gasteiger partial charge in [0.2, 0.25) is 0 Å². The second-order valence-electron chi connectivity index (χ2n) is 3.62. The van der Waals surface area contributed by atoms with E-state index in [0.717, 1.165) is 0 Å². The van der Waals surface area contributed by atoms with Crippen molar-refractivity contribution < 1.29 is 30.0 Å². The van der Waals surface area contributed by atoms with Crippen molar-refractivity contribution in [3.8, 4) is 0 Å². The van der Waals surface area contributed by atoms with Crippen molar-refractivity contribution in [3.63, 3.8) is 0 Å². The van der Waals surface area contributed by atoms with E-state index in [9.17, 15) is 14.7 Å². The Morgan fingerprint density at radius 1 is 1.24 bits per heavy atom. The molecule has 17 heavy (non-hydrogen) atoms. The Morgan fingerprint density at radius 3 is 2.24 bits per heavy atom. The van der Waals surface area contributed by atoms with Gasteiger partial charge in [-0.15, -0.1) is 0 Å². The van der Waals surface area contributed by atoms with Crippen molar-refractivity contribution in [2.75, 3.05) is 11.5 Å². The van der Waals surface area contributed by atoms with Crippen LogP contribution in [0.3, 0.4) is 0 Å². The summed E-state index contributed by atoms with van der Waals surface area (Å²) in [5.41, 5.74) is -1.73. The number of aliphatic hydroxyl groups is 2. The van der Waals surface area contributed by atoms with Crippen LogP contribution in [0.4, 0.5) is 0 Å². The van der Waals surface area contributed by atoms with Gasteiger partial charge in [0.25, 0.3) is 0 Å². The molecule has 0 aliphatic rings. The minimum atomic E-state index is -1.73. The summed E-state index contributed by atoms with van der Waals surface area (Å²) in [6, 6.07) is 0. The number of rotatable bonds is 9. The Hall–Kier alpha value is -0.440. The lowest BCUT2D eigenvalue weighted by atomic mass is 10.1. The predicted octanol–water partition coefficient (Wildman–Crippen LogP) is 0.429. The molecular weight excluding hydrogens is 268 g/mol. The fraction of sp³-hybridized carbons (Fsp3) is 0.778. The zero-order valence-corrected chi connectivity index (χ0v) is 11.0. The van der Waals surface area contributed by atoms with Gasteiger partial charge in [-0.25, -0.2) is 9.59 Å². The predicted molar refractivity (Wildman–Crippen MR) is 66.1 cm³/mol. The molecule has 0 saturated carbocycles. The van der Waals surface area contributed by atoms with Crippen molar-refractivity contribution in [1.82, 2.24) is 0 Å². The van der Waals surface area contributed by atoms with Crippen LogP contribution >= 0.6 is 21.6 Å². The van der Waals surface area contributed by atoms with Crippen LogP contribution in [0.25, 0.3) is 0 Å². The molecule has 0 aromatic rings. The van der Waals surface area contributed by atoms with E-state index in [1.165, 1.54) is 28.5 Å². The largest absolute Gasteiger partial charge is 0.479 e. The standard InChI is InChI=1S/C9H16O6S2/c1-9(15,8(13)14)3-5-17-16-4-2-6(10)7(11)12/h6,10,15H,2-5H2,1H3,(H,11,12)(H,13,14). The maximum absolute atomic E-state index is 10.5. The number of aliphatic hydroxyl groups excluding tert-OH is 1. The quantitative estimate of drug-likeness (QED) is 0.356. The van der Waals surface area contributed by atoms with Crippen LogP contribution in [-0.4, -0.2) is 55.6 Å². The van der Waals surface area contributed by atoms with Gasteiger partial charge in [-0.2, -0.15) is 0 Å². The van der Waals surface area contributed by atoms with Crippen molar-refractivity contribution in [2.24, 2.45) is 0 Å². The molecule has 8 heteroatoms. The first-order chi connectivity index (χ1) is 7.77. The molecule has 100 valence electrons. The van der Waals surface area contributed by atoms with E-state index in [1.807, 2.05) is 0 Å². The van der Waals surface area contributed by atoms with Crippen LogP contribution in [0, 0.1) is 0 Å². The molecule has 0 rings (SSSR count). The first kappa shape index (κ1) is 16.6. The summed E-state index contributed by atoms with van der Waals surface area (Å²) in [6.07, 6.45) is -1.10. The van der Waals surface area contributed by atoms with E-state index < -0.39 is 23.6 Å². The van der Waals surface area contributed by atoms with Crippen LogP contribution in [0.15, 0.2) is 0 Å². The minimum absolute atomic E-state index is 0.113. The fourth-order valence-corrected chi connectivity index (χ4v) is 3.03. The molecule has 0 heterocycles. The third-order valence-corrected chi connectivity index (χ3v) is 4.42. The van der Waals surface area contributed by atoms with Crippen LogP contribution in [0.2, 0.25) is 0 Å². The summed E-state index contributed by atoms with van der Waals surface area (Å²) in [6.45, 7) is 1.23.